The Morgan fingerprint density at radius 3 is 3.18 bits per heavy atom. The summed E-state index contributed by atoms with van der Waals surface area (Å²) in [6, 6.07) is 1.95. The molecule has 0 aromatic carbocycles. The second-order valence-electron chi connectivity index (χ2n) is 4.62. The molecular weight excluding hydrogens is 218 g/mol. The van der Waals surface area contributed by atoms with Crippen molar-refractivity contribution < 1.29 is 9.32 Å². The first-order valence-electron chi connectivity index (χ1n) is 6.05. The third-order valence-electron chi connectivity index (χ3n) is 3.19. The molecule has 1 amide bonds. The first kappa shape index (κ1) is 12.1. The van der Waals surface area contributed by atoms with E-state index in [-0.39, 0.29) is 11.8 Å². The van der Waals surface area contributed by atoms with Crippen LogP contribution in [0, 0.1) is 12.8 Å². The molecule has 5 nitrogen and oxygen atoms in total. The molecule has 1 atom stereocenters. The zero-order valence-corrected chi connectivity index (χ0v) is 10.4. The Hall–Kier alpha value is -1.36. The van der Waals surface area contributed by atoms with Crippen molar-refractivity contribution in [3.63, 3.8) is 0 Å². The van der Waals surface area contributed by atoms with E-state index >= 15 is 0 Å². The molecular formula is C12H19N3O2. The van der Waals surface area contributed by atoms with Gasteiger partial charge in [-0.25, -0.2) is 0 Å². The van der Waals surface area contributed by atoms with E-state index in [0.717, 1.165) is 43.9 Å². The van der Waals surface area contributed by atoms with Crippen LogP contribution < -0.4 is 5.32 Å². The summed E-state index contributed by atoms with van der Waals surface area (Å²) >= 11 is 0. The number of hydrogen-bond donors (Lipinski definition) is 1. The van der Waals surface area contributed by atoms with Gasteiger partial charge in [0.25, 0.3) is 0 Å². The minimum Gasteiger partial charge on any atom is -0.361 e. The summed E-state index contributed by atoms with van der Waals surface area (Å²) in [4.78, 5) is 13.9. The van der Waals surface area contributed by atoms with E-state index in [9.17, 15) is 4.79 Å². The number of nitrogens with zero attached hydrogens (tertiary/aromatic N) is 2. The number of amides is 1. The fraction of sp³-hybridized carbons (Fsp3) is 0.667. The van der Waals surface area contributed by atoms with Crippen LogP contribution in [0.15, 0.2) is 10.6 Å². The monoisotopic (exact) mass is 237 g/mol. The highest BCUT2D eigenvalue weighted by Crippen LogP contribution is 2.18. The van der Waals surface area contributed by atoms with Gasteiger partial charge in [-0.2, -0.15) is 0 Å². The largest absolute Gasteiger partial charge is 0.361 e. The van der Waals surface area contributed by atoms with E-state index in [1.807, 2.05) is 13.0 Å². The van der Waals surface area contributed by atoms with Crippen molar-refractivity contribution in [1.82, 2.24) is 15.4 Å². The zero-order chi connectivity index (χ0) is 12.3. The summed E-state index contributed by atoms with van der Waals surface area (Å²) in [6.45, 7) is 4.50. The molecule has 0 saturated carbocycles. The highest BCUT2D eigenvalue weighted by Gasteiger charge is 2.25. The van der Waals surface area contributed by atoms with E-state index in [4.69, 9.17) is 4.52 Å². The molecule has 0 bridgehead atoms. The summed E-state index contributed by atoms with van der Waals surface area (Å²) in [5.41, 5.74) is 0.944. The first-order chi connectivity index (χ1) is 8.19. The quantitative estimate of drug-likeness (QED) is 0.850. The number of carbonyl (C=O) groups is 1. The molecule has 1 aromatic rings. The van der Waals surface area contributed by atoms with Crippen LogP contribution in [0.2, 0.25) is 0 Å². The SMILES string of the molecule is CNC(=O)C1CCCN(Cc2cc(C)on2)C1. The first-order valence-corrected chi connectivity index (χ1v) is 6.05. The molecule has 1 fully saturated rings. The predicted octanol–water partition coefficient (Wildman–Crippen LogP) is 0.941. The molecule has 1 aromatic heterocycles. The molecule has 2 heterocycles. The standard InChI is InChI=1S/C12H19N3O2/c1-9-6-11(14-17-9)8-15-5-3-4-10(7-15)12(16)13-2/h6,10H,3-5,7-8H2,1-2H3,(H,13,16). The van der Waals surface area contributed by atoms with Crippen LogP contribution in [0.4, 0.5) is 0 Å². The maximum Gasteiger partial charge on any atom is 0.224 e. The van der Waals surface area contributed by atoms with Gasteiger partial charge in [0.05, 0.1) is 11.6 Å². The third-order valence-corrected chi connectivity index (χ3v) is 3.19. The maximum atomic E-state index is 11.6. The Kier molecular flexibility index (Phi) is 3.78. The van der Waals surface area contributed by atoms with Gasteiger partial charge in [-0.1, -0.05) is 5.16 Å². The van der Waals surface area contributed by atoms with Gasteiger partial charge >= 0.3 is 0 Å². The lowest BCUT2D eigenvalue weighted by molar-refractivity contribution is -0.126. The van der Waals surface area contributed by atoms with Gasteiger partial charge in [-0.15, -0.1) is 0 Å². The predicted molar refractivity (Wildman–Crippen MR) is 63.3 cm³/mol. The number of piperidine rings is 1. The summed E-state index contributed by atoms with van der Waals surface area (Å²) < 4.78 is 5.05. The van der Waals surface area contributed by atoms with Crippen LogP contribution in [0.5, 0.6) is 0 Å². The minimum absolute atomic E-state index is 0.113. The maximum absolute atomic E-state index is 11.6. The number of rotatable bonds is 3. The molecule has 0 spiro atoms. The van der Waals surface area contributed by atoms with E-state index in [1.165, 1.54) is 0 Å². The number of aromatic nitrogens is 1. The lowest BCUT2D eigenvalue weighted by Crippen LogP contribution is -2.41. The van der Waals surface area contributed by atoms with Crippen molar-refractivity contribution >= 4 is 5.91 Å². The van der Waals surface area contributed by atoms with E-state index < -0.39 is 0 Å². The highest BCUT2D eigenvalue weighted by atomic mass is 16.5. The summed E-state index contributed by atoms with van der Waals surface area (Å²) in [5.74, 6) is 1.09. The summed E-state index contributed by atoms with van der Waals surface area (Å²) in [7, 11) is 1.70. The van der Waals surface area contributed by atoms with Crippen LogP contribution in [0.25, 0.3) is 0 Å². The molecule has 1 aliphatic heterocycles. The molecule has 5 heteroatoms. The Morgan fingerprint density at radius 1 is 1.71 bits per heavy atom. The number of carbonyl (C=O) groups excluding carboxylic acids is 1. The van der Waals surface area contributed by atoms with Crippen LogP contribution in [-0.2, 0) is 11.3 Å². The van der Waals surface area contributed by atoms with Gasteiger partial charge in [0, 0.05) is 26.2 Å². The topological polar surface area (TPSA) is 58.4 Å². The van der Waals surface area contributed by atoms with Gasteiger partial charge in [0.2, 0.25) is 5.91 Å². The molecule has 94 valence electrons. The average Bonchev–Trinajstić information content (AvgIpc) is 2.74. The summed E-state index contributed by atoms with van der Waals surface area (Å²) in [6.07, 6.45) is 2.04. The summed E-state index contributed by atoms with van der Waals surface area (Å²) in [5, 5.41) is 6.71. The van der Waals surface area contributed by atoms with Gasteiger partial charge in [0.1, 0.15) is 5.76 Å². The van der Waals surface area contributed by atoms with Gasteiger partial charge in [-0.3, -0.25) is 9.69 Å². The Bertz CT molecular complexity index is 389. The average molecular weight is 237 g/mol. The van der Waals surface area contributed by atoms with Crippen molar-refractivity contribution in [1.29, 1.82) is 0 Å². The molecule has 0 radical (unpaired) electrons. The van der Waals surface area contributed by atoms with Crippen molar-refractivity contribution in [2.75, 3.05) is 20.1 Å². The Morgan fingerprint density at radius 2 is 2.53 bits per heavy atom. The Balaban J connectivity index is 1.91. The molecule has 1 aliphatic rings. The normalized spacial score (nSPS) is 21.4. The Labute approximate surface area is 101 Å². The van der Waals surface area contributed by atoms with Crippen molar-refractivity contribution in [2.24, 2.45) is 5.92 Å². The second-order valence-corrected chi connectivity index (χ2v) is 4.62. The molecule has 1 N–H and O–H groups in total. The second kappa shape index (κ2) is 5.31. The van der Waals surface area contributed by atoms with Crippen molar-refractivity contribution in [3.05, 3.63) is 17.5 Å². The molecule has 17 heavy (non-hydrogen) atoms. The number of nitrogens with one attached hydrogen (secondary N) is 1. The van der Waals surface area contributed by atoms with E-state index in [0.29, 0.717) is 0 Å². The fourth-order valence-electron chi connectivity index (χ4n) is 2.34. The van der Waals surface area contributed by atoms with Crippen LogP contribution >= 0.6 is 0 Å². The molecule has 2 rings (SSSR count). The lowest BCUT2D eigenvalue weighted by Gasteiger charge is -2.30. The van der Waals surface area contributed by atoms with Crippen LogP contribution in [0.1, 0.15) is 24.3 Å². The smallest absolute Gasteiger partial charge is 0.224 e. The molecule has 0 aliphatic carbocycles. The van der Waals surface area contributed by atoms with Crippen molar-refractivity contribution in [2.45, 2.75) is 26.3 Å². The van der Waals surface area contributed by atoms with Crippen molar-refractivity contribution in [3.8, 4) is 0 Å². The highest BCUT2D eigenvalue weighted by molar-refractivity contribution is 5.78. The number of likely N-dealkylation sites (tertiary alicyclic amines) is 1. The van der Waals surface area contributed by atoms with Gasteiger partial charge in [-0.05, 0) is 26.3 Å². The minimum atomic E-state index is 0.113. The van der Waals surface area contributed by atoms with Gasteiger partial charge < -0.3 is 9.84 Å². The van der Waals surface area contributed by atoms with Crippen LogP contribution in [0.3, 0.4) is 0 Å². The lowest BCUT2D eigenvalue weighted by atomic mass is 9.97. The van der Waals surface area contributed by atoms with Gasteiger partial charge in [0.15, 0.2) is 0 Å². The number of hydrogen-bond acceptors (Lipinski definition) is 4. The fourth-order valence-corrected chi connectivity index (χ4v) is 2.34. The molecule has 1 unspecified atom stereocenters. The van der Waals surface area contributed by atoms with E-state index in [1.54, 1.807) is 7.05 Å². The third kappa shape index (κ3) is 3.06. The van der Waals surface area contributed by atoms with E-state index in [2.05, 4.69) is 15.4 Å². The molecule has 1 saturated heterocycles. The zero-order valence-electron chi connectivity index (χ0n) is 10.4. The van der Waals surface area contributed by atoms with Crippen LogP contribution in [-0.4, -0.2) is 36.1 Å². The number of aryl methyl sites for hydroxylation is 1.